The average molecular weight is 372 g/mol. The molecule has 0 aliphatic heterocycles. The average Bonchev–Trinajstić information content (AvgIpc) is 2.16. The van der Waals surface area contributed by atoms with E-state index in [0.717, 1.165) is 10.7 Å². The van der Waals surface area contributed by atoms with Crippen LogP contribution in [0.1, 0.15) is 18.6 Å². The Morgan fingerprint density at radius 2 is 1.75 bits per heavy atom. The second-order valence-electron chi connectivity index (χ2n) is 3.71. The van der Waals surface area contributed by atoms with Crippen LogP contribution < -0.4 is 0 Å². The van der Waals surface area contributed by atoms with Gasteiger partial charge in [0, 0.05) is 10.7 Å². The van der Waals surface area contributed by atoms with Crippen molar-refractivity contribution in [1.29, 1.82) is 0 Å². The molecular weight excluding hydrogens is 360 g/mol. The molecule has 90 valence electrons. The second-order valence-corrected chi connectivity index (χ2v) is 9.19. The van der Waals surface area contributed by atoms with Crippen molar-refractivity contribution < 1.29 is 13.5 Å². The van der Waals surface area contributed by atoms with Crippen molar-refractivity contribution >= 4 is 41.7 Å². The zero-order valence-electron chi connectivity index (χ0n) is 8.81. The Morgan fingerprint density at radius 3 is 2.12 bits per heavy atom. The Labute approximate surface area is 112 Å². The van der Waals surface area contributed by atoms with Gasteiger partial charge in [-0.3, -0.25) is 0 Å². The lowest BCUT2D eigenvalue weighted by atomic mass is 10.1. The van der Waals surface area contributed by atoms with Crippen LogP contribution >= 0.6 is 31.9 Å². The number of aliphatic hydroxyl groups excluding tert-OH is 1. The van der Waals surface area contributed by atoms with Gasteiger partial charge in [0.25, 0.3) is 0 Å². The molecule has 0 fully saturated rings. The lowest BCUT2D eigenvalue weighted by Crippen LogP contribution is -2.34. The van der Waals surface area contributed by atoms with Crippen molar-refractivity contribution in [3.63, 3.8) is 0 Å². The van der Waals surface area contributed by atoms with Crippen LogP contribution in [-0.4, -0.2) is 23.4 Å². The Bertz CT molecular complexity index is 465. The Kier molecular flexibility index (Phi) is 4.21. The zero-order valence-corrected chi connectivity index (χ0v) is 12.8. The van der Waals surface area contributed by atoms with Crippen LogP contribution in [0.25, 0.3) is 0 Å². The molecule has 0 saturated heterocycles. The molecular formula is C10H12Br2O3S. The highest BCUT2D eigenvalue weighted by Gasteiger charge is 2.41. The molecule has 0 amide bonds. The Morgan fingerprint density at radius 1 is 1.31 bits per heavy atom. The van der Waals surface area contributed by atoms with E-state index in [-0.39, 0.29) is 0 Å². The van der Waals surface area contributed by atoms with Gasteiger partial charge in [-0.1, -0.05) is 44.0 Å². The van der Waals surface area contributed by atoms with Gasteiger partial charge in [0.05, 0.1) is 0 Å². The first-order valence-electron chi connectivity index (χ1n) is 4.48. The number of rotatable bonds is 3. The summed E-state index contributed by atoms with van der Waals surface area (Å²) in [7, 11) is -3.40. The Hall–Kier alpha value is 0.0900. The molecule has 0 unspecified atom stereocenters. The standard InChI is InChI=1S/C10H12Br2O3S/c1-10(12,16(2,14)15)9(13)7-3-5-8(11)6-4-7/h3-6,9,13H,1-2H3/t9-,10+/m1/s1. The summed E-state index contributed by atoms with van der Waals surface area (Å²) < 4.78 is 22.5. The normalized spacial score (nSPS) is 17.8. The fourth-order valence-corrected chi connectivity index (χ4v) is 2.22. The highest BCUT2D eigenvalue weighted by Crippen LogP contribution is 2.38. The van der Waals surface area contributed by atoms with Crippen molar-refractivity contribution in [2.75, 3.05) is 6.26 Å². The van der Waals surface area contributed by atoms with Crippen LogP contribution in [0.2, 0.25) is 0 Å². The number of alkyl halides is 1. The minimum atomic E-state index is -3.40. The molecule has 1 N–H and O–H groups in total. The molecule has 3 nitrogen and oxygen atoms in total. The van der Waals surface area contributed by atoms with E-state index < -0.39 is 19.6 Å². The Balaban J connectivity index is 3.12. The summed E-state index contributed by atoms with van der Waals surface area (Å²) in [6, 6.07) is 6.87. The summed E-state index contributed by atoms with van der Waals surface area (Å²) in [5.41, 5.74) is 0.549. The third-order valence-electron chi connectivity index (χ3n) is 2.40. The number of hydrogen-bond acceptors (Lipinski definition) is 3. The zero-order chi connectivity index (χ0) is 12.6. The van der Waals surface area contributed by atoms with Crippen LogP contribution in [0, 0.1) is 0 Å². The maximum absolute atomic E-state index is 11.5. The maximum atomic E-state index is 11.5. The van der Waals surface area contributed by atoms with Gasteiger partial charge in [-0.15, -0.1) is 0 Å². The number of sulfone groups is 1. The minimum absolute atomic E-state index is 0.549. The topological polar surface area (TPSA) is 54.4 Å². The van der Waals surface area contributed by atoms with Crippen LogP contribution in [-0.2, 0) is 9.84 Å². The first kappa shape index (κ1) is 14.2. The third kappa shape index (κ3) is 2.85. The lowest BCUT2D eigenvalue weighted by molar-refractivity contribution is 0.168. The van der Waals surface area contributed by atoms with Crippen LogP contribution in [0.3, 0.4) is 0 Å². The first-order chi connectivity index (χ1) is 7.16. The highest BCUT2D eigenvalue weighted by atomic mass is 79.9. The molecule has 1 rings (SSSR count). The van der Waals surface area contributed by atoms with E-state index in [1.807, 2.05) is 0 Å². The van der Waals surface area contributed by atoms with E-state index in [0.29, 0.717) is 5.56 Å². The molecule has 0 radical (unpaired) electrons. The van der Waals surface area contributed by atoms with Gasteiger partial charge in [0.1, 0.15) is 6.10 Å². The monoisotopic (exact) mass is 370 g/mol. The van der Waals surface area contributed by atoms with E-state index in [4.69, 9.17) is 0 Å². The SMILES string of the molecule is C[C@@](Br)([C@H](O)c1ccc(Br)cc1)S(C)(=O)=O. The van der Waals surface area contributed by atoms with Gasteiger partial charge in [0.2, 0.25) is 0 Å². The van der Waals surface area contributed by atoms with Gasteiger partial charge in [0.15, 0.2) is 13.5 Å². The fourth-order valence-electron chi connectivity index (χ4n) is 1.15. The van der Waals surface area contributed by atoms with E-state index in [2.05, 4.69) is 31.9 Å². The van der Waals surface area contributed by atoms with Gasteiger partial charge in [-0.05, 0) is 24.6 Å². The summed E-state index contributed by atoms with van der Waals surface area (Å²) in [6.07, 6.45) is -0.0281. The first-order valence-corrected chi connectivity index (χ1v) is 7.96. The van der Waals surface area contributed by atoms with Crippen molar-refractivity contribution in [3.8, 4) is 0 Å². The van der Waals surface area contributed by atoms with E-state index in [1.54, 1.807) is 24.3 Å². The molecule has 6 heteroatoms. The van der Waals surface area contributed by atoms with E-state index in [1.165, 1.54) is 6.92 Å². The minimum Gasteiger partial charge on any atom is -0.386 e. The highest BCUT2D eigenvalue weighted by molar-refractivity contribution is 9.11. The molecule has 1 aromatic carbocycles. The van der Waals surface area contributed by atoms with Gasteiger partial charge < -0.3 is 5.11 Å². The molecule has 0 heterocycles. The predicted octanol–water partition coefficient (Wildman–Crippen LogP) is 2.64. The molecule has 0 spiro atoms. The molecule has 16 heavy (non-hydrogen) atoms. The smallest absolute Gasteiger partial charge is 0.165 e. The van der Waals surface area contributed by atoms with Crippen molar-refractivity contribution in [1.82, 2.24) is 0 Å². The number of aliphatic hydroxyl groups is 1. The number of halogens is 2. The van der Waals surface area contributed by atoms with Crippen molar-refractivity contribution in [2.45, 2.75) is 16.7 Å². The molecule has 0 aliphatic rings. The van der Waals surface area contributed by atoms with Crippen LogP contribution in [0.15, 0.2) is 28.7 Å². The van der Waals surface area contributed by atoms with Gasteiger partial charge >= 0.3 is 0 Å². The van der Waals surface area contributed by atoms with Crippen molar-refractivity contribution in [3.05, 3.63) is 34.3 Å². The van der Waals surface area contributed by atoms with E-state index in [9.17, 15) is 13.5 Å². The van der Waals surface area contributed by atoms with Crippen LogP contribution in [0.4, 0.5) is 0 Å². The quantitative estimate of drug-likeness (QED) is 0.831. The summed E-state index contributed by atoms with van der Waals surface area (Å²) >= 11 is 6.35. The third-order valence-corrected chi connectivity index (χ3v) is 6.80. The molecule has 0 aliphatic carbocycles. The molecule has 0 saturated carbocycles. The summed E-state index contributed by atoms with van der Waals surface area (Å²) in [6.45, 7) is 1.44. The predicted molar refractivity (Wildman–Crippen MR) is 71.3 cm³/mol. The lowest BCUT2D eigenvalue weighted by Gasteiger charge is -2.26. The maximum Gasteiger partial charge on any atom is 0.165 e. The molecule has 0 bridgehead atoms. The summed E-state index contributed by atoms with van der Waals surface area (Å²) in [4.78, 5) is 0. The number of benzene rings is 1. The largest absolute Gasteiger partial charge is 0.386 e. The summed E-state index contributed by atoms with van der Waals surface area (Å²) in [5.74, 6) is 0. The van der Waals surface area contributed by atoms with Crippen LogP contribution in [0.5, 0.6) is 0 Å². The second kappa shape index (κ2) is 4.76. The molecule has 1 aromatic rings. The van der Waals surface area contributed by atoms with Gasteiger partial charge in [-0.25, -0.2) is 8.42 Å². The van der Waals surface area contributed by atoms with Crippen molar-refractivity contribution in [2.24, 2.45) is 0 Å². The van der Waals surface area contributed by atoms with Gasteiger partial charge in [-0.2, -0.15) is 0 Å². The summed E-state index contributed by atoms with van der Waals surface area (Å²) in [5, 5.41) is 10.0. The fraction of sp³-hybridized carbons (Fsp3) is 0.400. The molecule has 2 atom stereocenters. The molecule has 0 aromatic heterocycles. The number of hydrogen-bond donors (Lipinski definition) is 1. The van der Waals surface area contributed by atoms with E-state index >= 15 is 0 Å².